The Bertz CT molecular complexity index is 629. The molecule has 1 aliphatic heterocycles. The standard InChI is InChI=1S/C12H6BrNS2/c13-9-5-4-8-10-6(9)2-1-3-7(10)11(15)14-12(8)16/h1-5H,(H,14,15,16). The van der Waals surface area contributed by atoms with E-state index < -0.39 is 0 Å². The Kier molecular flexibility index (Phi) is 2.31. The fourth-order valence-electron chi connectivity index (χ4n) is 1.99. The molecule has 0 amide bonds. The fraction of sp³-hybridized carbons (Fsp3) is 0. The average molecular weight is 308 g/mol. The highest BCUT2D eigenvalue weighted by atomic mass is 79.9. The van der Waals surface area contributed by atoms with Crippen LogP contribution in [0.5, 0.6) is 0 Å². The summed E-state index contributed by atoms with van der Waals surface area (Å²) in [6.45, 7) is 0. The molecule has 0 bridgehead atoms. The molecule has 1 nitrogen and oxygen atoms in total. The van der Waals surface area contributed by atoms with Crippen molar-refractivity contribution in [3.05, 3.63) is 45.9 Å². The Labute approximate surface area is 112 Å². The molecule has 0 aromatic heterocycles. The number of hydrogen-bond acceptors (Lipinski definition) is 2. The van der Waals surface area contributed by atoms with Crippen LogP contribution in [0.3, 0.4) is 0 Å². The number of halogens is 1. The molecule has 0 aliphatic carbocycles. The minimum Gasteiger partial charge on any atom is -0.337 e. The summed E-state index contributed by atoms with van der Waals surface area (Å²) in [5.41, 5.74) is 2.11. The van der Waals surface area contributed by atoms with Crippen molar-refractivity contribution in [1.82, 2.24) is 5.32 Å². The van der Waals surface area contributed by atoms with Crippen LogP contribution >= 0.6 is 40.4 Å². The van der Waals surface area contributed by atoms with E-state index in [2.05, 4.69) is 27.3 Å². The van der Waals surface area contributed by atoms with Crippen molar-refractivity contribution >= 4 is 61.1 Å². The second-order valence-electron chi connectivity index (χ2n) is 3.61. The predicted molar refractivity (Wildman–Crippen MR) is 78.2 cm³/mol. The molecule has 4 heteroatoms. The van der Waals surface area contributed by atoms with Gasteiger partial charge in [-0.05, 0) is 11.5 Å². The van der Waals surface area contributed by atoms with Gasteiger partial charge in [0.1, 0.15) is 9.98 Å². The predicted octanol–water partition coefficient (Wildman–Crippen LogP) is 3.56. The first-order valence-corrected chi connectivity index (χ1v) is 6.36. The molecule has 2 aromatic rings. The van der Waals surface area contributed by atoms with Gasteiger partial charge in [0.2, 0.25) is 0 Å². The summed E-state index contributed by atoms with van der Waals surface area (Å²) in [5, 5.41) is 5.36. The lowest BCUT2D eigenvalue weighted by Gasteiger charge is -2.20. The van der Waals surface area contributed by atoms with Crippen molar-refractivity contribution in [3.8, 4) is 0 Å². The lowest BCUT2D eigenvalue weighted by molar-refractivity contribution is 1.41. The van der Waals surface area contributed by atoms with E-state index >= 15 is 0 Å². The molecule has 0 fully saturated rings. The lowest BCUT2D eigenvalue weighted by Crippen LogP contribution is -2.33. The molecular formula is C12H6BrNS2. The smallest absolute Gasteiger partial charge is 0.112 e. The molecule has 1 heterocycles. The highest BCUT2D eigenvalue weighted by Gasteiger charge is 2.20. The molecular weight excluding hydrogens is 302 g/mol. The monoisotopic (exact) mass is 307 g/mol. The third kappa shape index (κ3) is 1.34. The minimum atomic E-state index is 0.709. The van der Waals surface area contributed by atoms with Crippen LogP contribution in [0.2, 0.25) is 0 Å². The molecule has 0 saturated heterocycles. The molecule has 0 unspecified atom stereocenters. The van der Waals surface area contributed by atoms with Crippen molar-refractivity contribution in [3.63, 3.8) is 0 Å². The zero-order valence-electron chi connectivity index (χ0n) is 8.08. The zero-order valence-corrected chi connectivity index (χ0v) is 11.3. The van der Waals surface area contributed by atoms with Gasteiger partial charge in [0.15, 0.2) is 0 Å². The fourth-order valence-corrected chi connectivity index (χ4v) is 3.06. The van der Waals surface area contributed by atoms with Crippen LogP contribution in [0.4, 0.5) is 0 Å². The molecule has 78 valence electrons. The van der Waals surface area contributed by atoms with E-state index in [0.29, 0.717) is 9.98 Å². The Hall–Kier alpha value is -0.840. The SMILES string of the molecule is S=C1NC(=S)c2ccc(Br)c3cccc1c23. The summed E-state index contributed by atoms with van der Waals surface area (Å²) in [5.74, 6) is 0. The number of thiocarbonyl (C=S) groups is 2. The van der Waals surface area contributed by atoms with Crippen LogP contribution in [0.15, 0.2) is 34.8 Å². The molecule has 1 aliphatic rings. The third-order valence-corrected chi connectivity index (χ3v) is 4.04. The normalized spacial score (nSPS) is 14.1. The average Bonchev–Trinajstić information content (AvgIpc) is 2.27. The highest BCUT2D eigenvalue weighted by molar-refractivity contribution is 9.10. The summed E-state index contributed by atoms with van der Waals surface area (Å²) < 4.78 is 1.07. The number of hydrogen-bond donors (Lipinski definition) is 1. The van der Waals surface area contributed by atoms with Crippen LogP contribution in [0, 0.1) is 0 Å². The Morgan fingerprint density at radius 2 is 1.62 bits per heavy atom. The van der Waals surface area contributed by atoms with Crippen molar-refractivity contribution in [2.45, 2.75) is 0 Å². The maximum atomic E-state index is 5.30. The maximum absolute atomic E-state index is 5.30. The van der Waals surface area contributed by atoms with Crippen molar-refractivity contribution in [2.75, 3.05) is 0 Å². The van der Waals surface area contributed by atoms with E-state index in [1.165, 1.54) is 0 Å². The lowest BCUT2D eigenvalue weighted by atomic mass is 9.96. The van der Waals surface area contributed by atoms with Gasteiger partial charge in [-0.1, -0.05) is 64.6 Å². The van der Waals surface area contributed by atoms with Gasteiger partial charge in [-0.25, -0.2) is 0 Å². The van der Waals surface area contributed by atoms with E-state index in [4.69, 9.17) is 24.4 Å². The van der Waals surface area contributed by atoms with Crippen molar-refractivity contribution in [2.24, 2.45) is 0 Å². The van der Waals surface area contributed by atoms with E-state index in [1.54, 1.807) is 0 Å². The minimum absolute atomic E-state index is 0.709. The summed E-state index contributed by atoms with van der Waals surface area (Å²) in [6, 6.07) is 10.1. The quantitative estimate of drug-likeness (QED) is 0.748. The third-order valence-electron chi connectivity index (χ3n) is 2.70. The molecule has 1 N–H and O–H groups in total. The Morgan fingerprint density at radius 1 is 0.938 bits per heavy atom. The maximum Gasteiger partial charge on any atom is 0.112 e. The van der Waals surface area contributed by atoms with Gasteiger partial charge in [0.05, 0.1) is 0 Å². The zero-order chi connectivity index (χ0) is 11.3. The highest BCUT2D eigenvalue weighted by Crippen LogP contribution is 2.32. The van der Waals surface area contributed by atoms with Crippen LogP contribution in [0.1, 0.15) is 11.1 Å². The van der Waals surface area contributed by atoms with Gasteiger partial charge in [-0.15, -0.1) is 0 Å². The number of nitrogens with one attached hydrogen (secondary N) is 1. The van der Waals surface area contributed by atoms with Crippen molar-refractivity contribution in [1.29, 1.82) is 0 Å². The van der Waals surface area contributed by atoms with Crippen LogP contribution in [-0.2, 0) is 0 Å². The summed E-state index contributed by atoms with van der Waals surface area (Å²) in [4.78, 5) is 1.42. The molecule has 0 spiro atoms. The van der Waals surface area contributed by atoms with E-state index in [0.717, 1.165) is 26.4 Å². The Morgan fingerprint density at radius 3 is 2.38 bits per heavy atom. The van der Waals surface area contributed by atoms with Crippen LogP contribution in [0.25, 0.3) is 10.8 Å². The molecule has 0 radical (unpaired) electrons. The number of benzene rings is 2. The molecule has 0 atom stereocenters. The summed E-state index contributed by atoms with van der Waals surface area (Å²) >= 11 is 14.2. The number of rotatable bonds is 0. The van der Waals surface area contributed by atoms with Gasteiger partial charge in [0.25, 0.3) is 0 Å². The first kappa shape index (κ1) is 10.3. The molecule has 2 aromatic carbocycles. The van der Waals surface area contributed by atoms with Gasteiger partial charge in [0, 0.05) is 21.0 Å². The second kappa shape index (κ2) is 3.58. The second-order valence-corrected chi connectivity index (χ2v) is 5.28. The van der Waals surface area contributed by atoms with E-state index in [9.17, 15) is 0 Å². The Balaban J connectivity index is 2.57. The van der Waals surface area contributed by atoms with Crippen molar-refractivity contribution < 1.29 is 0 Å². The van der Waals surface area contributed by atoms with Gasteiger partial charge < -0.3 is 5.32 Å². The van der Waals surface area contributed by atoms with Crippen LogP contribution < -0.4 is 5.32 Å². The first-order chi connectivity index (χ1) is 7.68. The first-order valence-electron chi connectivity index (χ1n) is 4.75. The summed E-state index contributed by atoms with van der Waals surface area (Å²) in [7, 11) is 0. The molecule has 16 heavy (non-hydrogen) atoms. The topological polar surface area (TPSA) is 12.0 Å². The molecule has 3 rings (SSSR count). The summed E-state index contributed by atoms with van der Waals surface area (Å²) in [6.07, 6.45) is 0. The van der Waals surface area contributed by atoms with E-state index in [-0.39, 0.29) is 0 Å². The van der Waals surface area contributed by atoms with Gasteiger partial charge >= 0.3 is 0 Å². The van der Waals surface area contributed by atoms with Gasteiger partial charge in [-0.3, -0.25) is 0 Å². The van der Waals surface area contributed by atoms with E-state index in [1.807, 2.05) is 24.3 Å². The van der Waals surface area contributed by atoms with Gasteiger partial charge in [-0.2, -0.15) is 0 Å². The molecule has 0 saturated carbocycles. The van der Waals surface area contributed by atoms with Crippen LogP contribution in [-0.4, -0.2) is 9.98 Å². The largest absolute Gasteiger partial charge is 0.337 e.